The van der Waals surface area contributed by atoms with Gasteiger partial charge in [-0.15, -0.1) is 10.2 Å². The Balaban J connectivity index is 1.45. The lowest BCUT2D eigenvalue weighted by Crippen LogP contribution is -2.40. The van der Waals surface area contributed by atoms with E-state index in [2.05, 4.69) is 34.6 Å². The maximum absolute atomic E-state index is 12.3. The van der Waals surface area contributed by atoms with Crippen molar-refractivity contribution in [3.63, 3.8) is 0 Å². The summed E-state index contributed by atoms with van der Waals surface area (Å²) in [4.78, 5) is 14.3. The molecule has 1 aliphatic rings. The normalized spacial score (nSPS) is 17.7. The number of nitrogens with zero attached hydrogens (tertiary/aromatic N) is 3. The molecular weight excluding hydrogens is 340 g/mol. The summed E-state index contributed by atoms with van der Waals surface area (Å²) in [5, 5.41) is 12.4. The molecule has 2 aromatic rings. The maximum atomic E-state index is 12.3. The van der Waals surface area contributed by atoms with Crippen LogP contribution in [0.15, 0.2) is 34.7 Å². The number of benzene rings is 1. The van der Waals surface area contributed by atoms with Crippen molar-refractivity contribution in [1.29, 1.82) is 0 Å². The van der Waals surface area contributed by atoms with Crippen LogP contribution in [0.4, 0.5) is 5.13 Å². The van der Waals surface area contributed by atoms with Gasteiger partial charge in [0.2, 0.25) is 11.0 Å². The molecular formula is C17H22N4OS2. The van der Waals surface area contributed by atoms with Crippen LogP contribution in [-0.4, -0.2) is 39.8 Å². The molecule has 2 heterocycles. The molecule has 1 aliphatic heterocycles. The number of carbonyl (C=O) groups excluding carboxylic acids is 1. The second-order valence-electron chi connectivity index (χ2n) is 6.09. The van der Waals surface area contributed by atoms with Crippen LogP contribution in [0.1, 0.15) is 25.3 Å². The third-order valence-electron chi connectivity index (χ3n) is 4.02. The molecule has 5 nitrogen and oxygen atoms in total. The number of hydrogen-bond acceptors (Lipinski definition) is 6. The number of carbonyl (C=O) groups is 1. The third kappa shape index (κ3) is 4.95. The van der Waals surface area contributed by atoms with Gasteiger partial charge in [0.1, 0.15) is 0 Å². The van der Waals surface area contributed by atoms with Crippen molar-refractivity contribution < 1.29 is 4.79 Å². The summed E-state index contributed by atoms with van der Waals surface area (Å²) in [6.45, 7) is 4.72. The van der Waals surface area contributed by atoms with Crippen molar-refractivity contribution in [1.82, 2.24) is 15.1 Å². The van der Waals surface area contributed by atoms with E-state index in [1.165, 1.54) is 35.1 Å². The van der Waals surface area contributed by atoms with Crippen molar-refractivity contribution in [3.8, 4) is 0 Å². The van der Waals surface area contributed by atoms with E-state index in [1.807, 2.05) is 23.1 Å². The first kappa shape index (κ1) is 17.2. The number of piperidine rings is 1. The van der Waals surface area contributed by atoms with Crippen LogP contribution in [0.3, 0.4) is 0 Å². The molecule has 0 aliphatic carbocycles. The Kier molecular flexibility index (Phi) is 6.09. The molecule has 0 radical (unpaired) electrons. The predicted molar refractivity (Wildman–Crippen MR) is 99.4 cm³/mol. The molecule has 7 heteroatoms. The van der Waals surface area contributed by atoms with E-state index in [4.69, 9.17) is 0 Å². The van der Waals surface area contributed by atoms with Gasteiger partial charge in [-0.1, -0.05) is 60.4 Å². The van der Waals surface area contributed by atoms with E-state index in [0.29, 0.717) is 11.7 Å². The molecule has 0 bridgehead atoms. The number of nitrogens with one attached hydrogen (secondary N) is 1. The zero-order valence-electron chi connectivity index (χ0n) is 13.8. The minimum atomic E-state index is 0.209. The van der Waals surface area contributed by atoms with Crippen molar-refractivity contribution in [2.45, 2.75) is 30.6 Å². The highest BCUT2D eigenvalue weighted by molar-refractivity contribution is 8.01. The van der Waals surface area contributed by atoms with Gasteiger partial charge in [-0.05, 0) is 24.3 Å². The molecule has 3 rings (SSSR count). The average molecular weight is 363 g/mol. The highest BCUT2D eigenvalue weighted by atomic mass is 32.2. The number of rotatable bonds is 6. The number of likely N-dealkylation sites (tertiary alicyclic amines) is 1. The molecule has 1 amide bonds. The highest BCUT2D eigenvalue weighted by Gasteiger charge is 2.21. The Morgan fingerprint density at radius 1 is 1.38 bits per heavy atom. The van der Waals surface area contributed by atoms with E-state index in [0.717, 1.165) is 35.5 Å². The van der Waals surface area contributed by atoms with Crippen LogP contribution >= 0.6 is 23.1 Å². The summed E-state index contributed by atoms with van der Waals surface area (Å²) in [7, 11) is 0. The lowest BCUT2D eigenvalue weighted by atomic mass is 10.0. The number of anilines is 1. The number of hydrogen-bond donors (Lipinski definition) is 1. The van der Waals surface area contributed by atoms with Gasteiger partial charge in [0.05, 0.1) is 5.75 Å². The number of amides is 1. The summed E-state index contributed by atoms with van der Waals surface area (Å²) in [6, 6.07) is 10.2. The average Bonchev–Trinajstić information content (AvgIpc) is 3.07. The van der Waals surface area contributed by atoms with Gasteiger partial charge in [-0.3, -0.25) is 4.79 Å². The molecule has 1 saturated heterocycles. The van der Waals surface area contributed by atoms with Crippen molar-refractivity contribution in [2.75, 3.05) is 24.2 Å². The first-order valence-electron chi connectivity index (χ1n) is 8.22. The Labute approximate surface area is 150 Å². The SMILES string of the molecule is C[C@H]1CCCN(C(=O)CSc2nnc(NCc3ccccc3)s2)C1. The molecule has 1 N–H and O–H groups in total. The van der Waals surface area contributed by atoms with Crippen molar-refractivity contribution in [3.05, 3.63) is 35.9 Å². The molecule has 128 valence electrons. The summed E-state index contributed by atoms with van der Waals surface area (Å²) >= 11 is 2.98. The van der Waals surface area contributed by atoms with Crippen LogP contribution in [0.2, 0.25) is 0 Å². The quantitative estimate of drug-likeness (QED) is 0.797. The van der Waals surface area contributed by atoms with Gasteiger partial charge in [0, 0.05) is 19.6 Å². The molecule has 0 saturated carbocycles. The first-order valence-corrected chi connectivity index (χ1v) is 10.0. The fraction of sp³-hybridized carbons (Fsp3) is 0.471. The molecule has 1 fully saturated rings. The molecule has 0 spiro atoms. The fourth-order valence-electron chi connectivity index (χ4n) is 2.74. The number of thioether (sulfide) groups is 1. The van der Waals surface area contributed by atoms with E-state index >= 15 is 0 Å². The van der Waals surface area contributed by atoms with Gasteiger partial charge in [0.15, 0.2) is 4.34 Å². The smallest absolute Gasteiger partial charge is 0.233 e. The Bertz CT molecular complexity index is 662. The topological polar surface area (TPSA) is 58.1 Å². The lowest BCUT2D eigenvalue weighted by molar-refractivity contribution is -0.130. The van der Waals surface area contributed by atoms with Crippen LogP contribution in [-0.2, 0) is 11.3 Å². The van der Waals surface area contributed by atoms with Gasteiger partial charge in [-0.25, -0.2) is 0 Å². The van der Waals surface area contributed by atoms with E-state index < -0.39 is 0 Å². The predicted octanol–water partition coefficient (Wildman–Crippen LogP) is 3.50. The van der Waals surface area contributed by atoms with Crippen molar-refractivity contribution in [2.24, 2.45) is 5.92 Å². The Morgan fingerprint density at radius 2 is 2.21 bits per heavy atom. The standard InChI is InChI=1S/C17H22N4OS2/c1-13-6-5-9-21(11-13)15(22)12-23-17-20-19-16(24-17)18-10-14-7-3-2-4-8-14/h2-4,7-8,13H,5-6,9-12H2,1H3,(H,18,19)/t13-/m0/s1. The minimum absolute atomic E-state index is 0.209. The molecule has 1 aromatic carbocycles. The Hall–Kier alpha value is -1.60. The number of aromatic nitrogens is 2. The summed E-state index contributed by atoms with van der Waals surface area (Å²) in [5.74, 6) is 1.27. The van der Waals surface area contributed by atoms with Crippen LogP contribution < -0.4 is 5.32 Å². The largest absolute Gasteiger partial charge is 0.356 e. The van der Waals surface area contributed by atoms with Gasteiger partial charge < -0.3 is 10.2 Å². The fourth-order valence-corrected chi connectivity index (χ4v) is 4.39. The van der Waals surface area contributed by atoms with Crippen LogP contribution in [0.25, 0.3) is 0 Å². The van der Waals surface area contributed by atoms with E-state index in [1.54, 1.807) is 0 Å². The van der Waals surface area contributed by atoms with Crippen LogP contribution in [0, 0.1) is 5.92 Å². The monoisotopic (exact) mass is 362 g/mol. The van der Waals surface area contributed by atoms with Gasteiger partial charge in [-0.2, -0.15) is 0 Å². The van der Waals surface area contributed by atoms with Gasteiger partial charge in [0.25, 0.3) is 0 Å². The zero-order chi connectivity index (χ0) is 16.8. The lowest BCUT2D eigenvalue weighted by Gasteiger charge is -2.30. The van der Waals surface area contributed by atoms with E-state index in [-0.39, 0.29) is 5.91 Å². The maximum Gasteiger partial charge on any atom is 0.233 e. The highest BCUT2D eigenvalue weighted by Crippen LogP contribution is 2.26. The Morgan fingerprint density at radius 3 is 3.00 bits per heavy atom. The molecule has 1 aromatic heterocycles. The van der Waals surface area contributed by atoms with Crippen molar-refractivity contribution >= 4 is 34.1 Å². The summed E-state index contributed by atoms with van der Waals surface area (Å²) < 4.78 is 0.837. The molecule has 1 atom stereocenters. The third-order valence-corrected chi connectivity index (χ3v) is 6.02. The zero-order valence-corrected chi connectivity index (χ0v) is 15.4. The van der Waals surface area contributed by atoms with Crippen LogP contribution in [0.5, 0.6) is 0 Å². The molecule has 0 unspecified atom stereocenters. The first-order chi connectivity index (χ1) is 11.7. The molecule has 24 heavy (non-hydrogen) atoms. The second kappa shape index (κ2) is 8.48. The van der Waals surface area contributed by atoms with E-state index in [9.17, 15) is 4.79 Å². The summed E-state index contributed by atoms with van der Waals surface area (Å²) in [6.07, 6.45) is 2.34. The summed E-state index contributed by atoms with van der Waals surface area (Å²) in [5.41, 5.74) is 1.20. The van der Waals surface area contributed by atoms with Gasteiger partial charge >= 0.3 is 0 Å². The minimum Gasteiger partial charge on any atom is -0.356 e. The second-order valence-corrected chi connectivity index (χ2v) is 8.29.